The van der Waals surface area contributed by atoms with Crippen LogP contribution in [-0.4, -0.2) is 34.7 Å². The van der Waals surface area contributed by atoms with E-state index in [4.69, 9.17) is 10.2 Å². The van der Waals surface area contributed by atoms with Crippen molar-refractivity contribution < 1.29 is 19.8 Å². The molecule has 0 heterocycles. The molecule has 0 spiro atoms. The van der Waals surface area contributed by atoms with E-state index in [0.717, 1.165) is 12.8 Å². The summed E-state index contributed by atoms with van der Waals surface area (Å²) in [5, 5.41) is 20.3. The van der Waals surface area contributed by atoms with Crippen LogP contribution in [0.1, 0.15) is 77.6 Å². The van der Waals surface area contributed by atoms with Crippen LogP contribution in [0.5, 0.6) is 0 Å². The number of carboxylic acids is 2. The third kappa shape index (κ3) is 15.6. The third-order valence-corrected chi connectivity index (χ3v) is 3.60. The molecule has 0 saturated heterocycles. The van der Waals surface area contributed by atoms with Crippen LogP contribution in [0.2, 0.25) is 0 Å². The molecule has 5 nitrogen and oxygen atoms in total. The lowest BCUT2D eigenvalue weighted by Crippen LogP contribution is -2.39. The van der Waals surface area contributed by atoms with Gasteiger partial charge in [-0.15, -0.1) is 12.4 Å². The normalized spacial score (nSPS) is 11.7. The van der Waals surface area contributed by atoms with Gasteiger partial charge < -0.3 is 15.5 Å². The van der Waals surface area contributed by atoms with Gasteiger partial charge in [0.15, 0.2) is 0 Å². The molecule has 0 aliphatic carbocycles. The summed E-state index contributed by atoms with van der Waals surface area (Å²) in [7, 11) is 0. The van der Waals surface area contributed by atoms with E-state index in [0.29, 0.717) is 6.54 Å². The van der Waals surface area contributed by atoms with Crippen molar-refractivity contribution in [2.45, 2.75) is 83.6 Å². The summed E-state index contributed by atoms with van der Waals surface area (Å²) < 4.78 is 0. The lowest BCUT2D eigenvalue weighted by atomic mass is 10.1. The van der Waals surface area contributed by atoms with Crippen LogP contribution in [0.3, 0.4) is 0 Å². The molecule has 0 amide bonds. The molecule has 0 aliphatic heterocycles. The molecule has 1 unspecified atom stereocenters. The van der Waals surface area contributed by atoms with Crippen molar-refractivity contribution in [1.29, 1.82) is 0 Å². The SMILES string of the molecule is CCCCCCCCCCCCNC(CC(=O)O)C(=O)O.Cl. The third-order valence-electron chi connectivity index (χ3n) is 3.60. The molecule has 22 heavy (non-hydrogen) atoms. The molecule has 0 aromatic carbocycles. The second-order valence-electron chi connectivity index (χ2n) is 5.62. The Hall–Kier alpha value is -0.810. The van der Waals surface area contributed by atoms with Crippen LogP contribution in [0.4, 0.5) is 0 Å². The number of carbonyl (C=O) groups is 2. The Morgan fingerprint density at radius 3 is 1.73 bits per heavy atom. The zero-order valence-corrected chi connectivity index (χ0v) is 14.5. The van der Waals surface area contributed by atoms with Gasteiger partial charge in [0.25, 0.3) is 0 Å². The van der Waals surface area contributed by atoms with E-state index < -0.39 is 18.0 Å². The van der Waals surface area contributed by atoms with E-state index in [1.54, 1.807) is 0 Å². The van der Waals surface area contributed by atoms with Crippen LogP contribution in [0.25, 0.3) is 0 Å². The summed E-state index contributed by atoms with van der Waals surface area (Å²) in [6.45, 7) is 2.79. The van der Waals surface area contributed by atoms with Crippen molar-refractivity contribution in [3.05, 3.63) is 0 Å². The van der Waals surface area contributed by atoms with Crippen molar-refractivity contribution in [2.24, 2.45) is 0 Å². The Labute approximate surface area is 140 Å². The summed E-state index contributed by atoms with van der Waals surface area (Å²) in [5.74, 6) is -2.18. The number of aliphatic carboxylic acids is 2. The molecule has 0 radical (unpaired) electrons. The van der Waals surface area contributed by atoms with Gasteiger partial charge in [0, 0.05) is 0 Å². The predicted octanol–water partition coefficient (Wildman–Crippen LogP) is 3.85. The van der Waals surface area contributed by atoms with Gasteiger partial charge >= 0.3 is 11.9 Å². The van der Waals surface area contributed by atoms with Crippen LogP contribution in [0.15, 0.2) is 0 Å². The van der Waals surface area contributed by atoms with Crippen LogP contribution in [0, 0.1) is 0 Å². The molecule has 0 saturated carbocycles. The molecule has 1 atom stereocenters. The second-order valence-corrected chi connectivity index (χ2v) is 5.62. The molecule has 0 fully saturated rings. The smallest absolute Gasteiger partial charge is 0.321 e. The quantitative estimate of drug-likeness (QED) is 0.395. The summed E-state index contributed by atoms with van der Waals surface area (Å²) in [5.41, 5.74) is 0. The van der Waals surface area contributed by atoms with Gasteiger partial charge in [-0.2, -0.15) is 0 Å². The minimum absolute atomic E-state index is 0. The number of nitrogens with one attached hydrogen (secondary N) is 1. The van der Waals surface area contributed by atoms with Gasteiger partial charge in [0.05, 0.1) is 6.42 Å². The van der Waals surface area contributed by atoms with Gasteiger partial charge in [0.1, 0.15) is 6.04 Å². The minimum atomic E-state index is -1.09. The zero-order valence-electron chi connectivity index (χ0n) is 13.7. The fourth-order valence-electron chi connectivity index (χ4n) is 2.31. The van der Waals surface area contributed by atoms with Crippen LogP contribution in [-0.2, 0) is 9.59 Å². The molecule has 132 valence electrons. The Morgan fingerprint density at radius 1 is 0.864 bits per heavy atom. The van der Waals surface area contributed by atoms with Crippen molar-refractivity contribution in [2.75, 3.05) is 6.54 Å². The highest BCUT2D eigenvalue weighted by Gasteiger charge is 2.19. The van der Waals surface area contributed by atoms with Crippen LogP contribution >= 0.6 is 12.4 Å². The maximum atomic E-state index is 10.8. The largest absolute Gasteiger partial charge is 0.481 e. The van der Waals surface area contributed by atoms with Gasteiger partial charge in [-0.25, -0.2) is 0 Å². The highest BCUT2D eigenvalue weighted by molar-refractivity contribution is 5.85. The van der Waals surface area contributed by atoms with Gasteiger partial charge in [-0.3, -0.25) is 9.59 Å². The molecule has 0 rings (SSSR count). The molecule has 0 aromatic heterocycles. The van der Waals surface area contributed by atoms with Crippen molar-refractivity contribution in [3.63, 3.8) is 0 Å². The summed E-state index contributed by atoms with van der Waals surface area (Å²) in [6, 6.07) is -0.971. The Bertz CT molecular complexity index is 287. The fraction of sp³-hybridized carbons (Fsp3) is 0.875. The van der Waals surface area contributed by atoms with E-state index in [2.05, 4.69) is 12.2 Å². The number of hydrogen-bond acceptors (Lipinski definition) is 3. The molecule has 0 bridgehead atoms. The summed E-state index contributed by atoms with van der Waals surface area (Å²) >= 11 is 0. The molecular weight excluding hydrogens is 306 g/mol. The van der Waals surface area contributed by atoms with Gasteiger partial charge in [0.2, 0.25) is 0 Å². The Kier molecular flexibility index (Phi) is 17.7. The first-order chi connectivity index (χ1) is 10.1. The first kappa shape index (κ1) is 23.5. The van der Waals surface area contributed by atoms with E-state index in [1.165, 1.54) is 51.4 Å². The summed E-state index contributed by atoms with van der Waals surface area (Å²) in [4.78, 5) is 21.3. The monoisotopic (exact) mass is 337 g/mol. The van der Waals surface area contributed by atoms with E-state index in [-0.39, 0.29) is 18.8 Å². The fourth-order valence-corrected chi connectivity index (χ4v) is 2.31. The first-order valence-corrected chi connectivity index (χ1v) is 8.26. The van der Waals surface area contributed by atoms with Gasteiger partial charge in [-0.1, -0.05) is 64.7 Å². The van der Waals surface area contributed by atoms with Crippen molar-refractivity contribution in [1.82, 2.24) is 5.32 Å². The number of unbranched alkanes of at least 4 members (excludes halogenated alkanes) is 9. The maximum absolute atomic E-state index is 10.8. The standard InChI is InChI=1S/C16H31NO4.ClH/c1-2-3-4-5-6-7-8-9-10-11-12-17-14(16(20)21)13-15(18)19;/h14,17H,2-13H2,1H3,(H,18,19)(H,20,21);1H. The molecule has 0 aromatic rings. The topological polar surface area (TPSA) is 86.6 Å². The second kappa shape index (κ2) is 16.6. The van der Waals surface area contributed by atoms with Crippen molar-refractivity contribution >= 4 is 24.3 Å². The predicted molar refractivity (Wildman–Crippen MR) is 90.8 cm³/mol. The molecule has 6 heteroatoms. The number of carboxylic acid groups (broad SMARTS) is 2. The highest BCUT2D eigenvalue weighted by atomic mass is 35.5. The van der Waals surface area contributed by atoms with Crippen LogP contribution < -0.4 is 5.32 Å². The zero-order chi connectivity index (χ0) is 15.9. The molecule has 3 N–H and O–H groups in total. The number of rotatable bonds is 15. The van der Waals surface area contributed by atoms with Gasteiger partial charge in [-0.05, 0) is 13.0 Å². The van der Waals surface area contributed by atoms with E-state index in [9.17, 15) is 9.59 Å². The van der Waals surface area contributed by atoms with E-state index >= 15 is 0 Å². The Balaban J connectivity index is 0. The maximum Gasteiger partial charge on any atom is 0.321 e. The average molecular weight is 338 g/mol. The van der Waals surface area contributed by atoms with E-state index in [1.807, 2.05) is 0 Å². The lowest BCUT2D eigenvalue weighted by molar-refractivity contribution is -0.145. The van der Waals surface area contributed by atoms with Crippen molar-refractivity contribution in [3.8, 4) is 0 Å². The summed E-state index contributed by atoms with van der Waals surface area (Å²) in [6.07, 6.45) is 11.9. The average Bonchev–Trinajstić information content (AvgIpc) is 2.42. The minimum Gasteiger partial charge on any atom is -0.481 e. The Morgan fingerprint density at radius 2 is 1.32 bits per heavy atom. The number of halogens is 1. The first-order valence-electron chi connectivity index (χ1n) is 8.26. The molecule has 0 aliphatic rings. The molecular formula is C16H32ClNO4. The lowest BCUT2D eigenvalue weighted by Gasteiger charge is -2.11. The highest BCUT2D eigenvalue weighted by Crippen LogP contribution is 2.10. The number of hydrogen-bond donors (Lipinski definition) is 3.